The molecule has 1 unspecified atom stereocenters. The predicted octanol–water partition coefficient (Wildman–Crippen LogP) is 4.79. The molecule has 1 atom stereocenters. The monoisotopic (exact) mass is 398 g/mol. The fourth-order valence-corrected chi connectivity index (χ4v) is 5.12. The van der Waals surface area contributed by atoms with Crippen molar-refractivity contribution in [3.05, 3.63) is 77.4 Å². The third kappa shape index (κ3) is 2.43. The van der Waals surface area contributed by atoms with Crippen LogP contribution in [0.1, 0.15) is 30.5 Å². The zero-order valence-electron chi connectivity index (χ0n) is 17.8. The number of benzene rings is 3. The summed E-state index contributed by atoms with van der Waals surface area (Å²) in [6.45, 7) is 6.89. The molecule has 1 fully saturated rings. The van der Waals surface area contributed by atoms with Gasteiger partial charge in [0.1, 0.15) is 11.4 Å². The Kier molecular flexibility index (Phi) is 3.97. The molecule has 0 aromatic heterocycles. The Balaban J connectivity index is 1.70. The number of nitrogens with one attached hydrogen (secondary N) is 1. The third-order valence-corrected chi connectivity index (χ3v) is 6.77. The number of nitrogens with zero attached hydrogens (tertiary/aromatic N) is 1. The molecule has 4 heteroatoms. The van der Waals surface area contributed by atoms with E-state index in [0.717, 1.165) is 27.8 Å². The number of fused-ring (bicyclic) bond motifs is 4. The van der Waals surface area contributed by atoms with Gasteiger partial charge in [0.2, 0.25) is 5.91 Å². The van der Waals surface area contributed by atoms with Gasteiger partial charge in [-0.05, 0) is 41.5 Å². The minimum atomic E-state index is -0.623. The van der Waals surface area contributed by atoms with Gasteiger partial charge in [-0.2, -0.15) is 0 Å². The molecule has 152 valence electrons. The molecule has 2 heterocycles. The number of carbonyl (C=O) groups excluding carboxylic acids is 1. The maximum Gasteiger partial charge on any atom is 0.241 e. The summed E-state index contributed by atoms with van der Waals surface area (Å²) >= 11 is 0. The van der Waals surface area contributed by atoms with Crippen LogP contribution in [0.3, 0.4) is 0 Å². The number of rotatable bonds is 3. The standard InChI is InChI=1S/C26H26N2O2/c1-17-9-11-22-21(15-17)25(2,3)26(27-24(29)16-28(22)26)14-13-20-19-8-6-5-7-18(19)10-12-23(20)30-4/h5-15H,16H2,1-4H3,(H,27,29). The first-order valence-corrected chi connectivity index (χ1v) is 10.3. The summed E-state index contributed by atoms with van der Waals surface area (Å²) in [7, 11) is 1.70. The molecular weight excluding hydrogens is 372 g/mol. The minimum Gasteiger partial charge on any atom is -0.496 e. The molecule has 3 aromatic rings. The maximum absolute atomic E-state index is 12.6. The van der Waals surface area contributed by atoms with E-state index in [1.165, 1.54) is 11.1 Å². The van der Waals surface area contributed by atoms with Crippen molar-refractivity contribution in [2.75, 3.05) is 18.6 Å². The molecule has 0 spiro atoms. The van der Waals surface area contributed by atoms with E-state index in [2.05, 4.69) is 79.5 Å². The molecule has 0 bridgehead atoms. The van der Waals surface area contributed by atoms with E-state index < -0.39 is 5.66 Å². The lowest BCUT2D eigenvalue weighted by Crippen LogP contribution is -2.58. The molecule has 2 aliphatic rings. The zero-order chi connectivity index (χ0) is 21.1. The normalized spacial score (nSPS) is 21.7. The fourth-order valence-electron chi connectivity index (χ4n) is 5.12. The van der Waals surface area contributed by atoms with Crippen LogP contribution in [0.4, 0.5) is 5.69 Å². The number of carbonyl (C=O) groups is 1. The van der Waals surface area contributed by atoms with Gasteiger partial charge in [-0.15, -0.1) is 0 Å². The molecular formula is C26H26N2O2. The molecule has 1 N–H and O–H groups in total. The van der Waals surface area contributed by atoms with E-state index in [1.807, 2.05) is 18.2 Å². The highest BCUT2D eigenvalue weighted by atomic mass is 16.5. The number of hydrogen-bond donors (Lipinski definition) is 1. The fraction of sp³-hybridized carbons (Fsp3) is 0.269. The molecule has 0 saturated carbocycles. The summed E-state index contributed by atoms with van der Waals surface area (Å²) in [6.07, 6.45) is 4.26. The first-order chi connectivity index (χ1) is 14.4. The number of aryl methyl sites for hydroxylation is 1. The summed E-state index contributed by atoms with van der Waals surface area (Å²) in [6, 6.07) is 18.9. The Morgan fingerprint density at radius 3 is 2.70 bits per heavy atom. The van der Waals surface area contributed by atoms with Crippen LogP contribution in [-0.2, 0) is 10.2 Å². The average Bonchev–Trinajstić information content (AvgIpc) is 3.16. The van der Waals surface area contributed by atoms with Crippen molar-refractivity contribution in [2.24, 2.45) is 0 Å². The molecule has 30 heavy (non-hydrogen) atoms. The van der Waals surface area contributed by atoms with E-state index >= 15 is 0 Å². The van der Waals surface area contributed by atoms with Gasteiger partial charge in [-0.3, -0.25) is 4.79 Å². The van der Waals surface area contributed by atoms with Crippen molar-refractivity contribution in [2.45, 2.75) is 31.8 Å². The Hall–Kier alpha value is -3.27. The summed E-state index contributed by atoms with van der Waals surface area (Å²) in [4.78, 5) is 14.8. The van der Waals surface area contributed by atoms with Gasteiger partial charge in [0.05, 0.1) is 13.7 Å². The molecule has 5 rings (SSSR count). The largest absolute Gasteiger partial charge is 0.496 e. The lowest BCUT2D eigenvalue weighted by Gasteiger charge is -2.40. The Labute approximate surface area is 177 Å². The first-order valence-electron chi connectivity index (χ1n) is 10.3. The highest BCUT2D eigenvalue weighted by Crippen LogP contribution is 2.53. The van der Waals surface area contributed by atoms with Gasteiger partial charge < -0.3 is 15.0 Å². The van der Waals surface area contributed by atoms with Crippen molar-refractivity contribution in [3.63, 3.8) is 0 Å². The minimum absolute atomic E-state index is 0.0452. The maximum atomic E-state index is 12.6. The number of amides is 1. The molecule has 2 aliphatic heterocycles. The van der Waals surface area contributed by atoms with Crippen LogP contribution in [-0.4, -0.2) is 25.2 Å². The summed E-state index contributed by atoms with van der Waals surface area (Å²) in [5.74, 6) is 0.866. The topological polar surface area (TPSA) is 41.6 Å². The van der Waals surface area contributed by atoms with E-state index in [-0.39, 0.29) is 11.3 Å². The van der Waals surface area contributed by atoms with Crippen molar-refractivity contribution in [1.29, 1.82) is 0 Å². The van der Waals surface area contributed by atoms with Crippen LogP contribution in [0.5, 0.6) is 5.75 Å². The number of anilines is 1. The summed E-state index contributed by atoms with van der Waals surface area (Å²) in [5.41, 5.74) is 3.71. The van der Waals surface area contributed by atoms with Gasteiger partial charge in [-0.1, -0.05) is 68.0 Å². The summed E-state index contributed by atoms with van der Waals surface area (Å²) < 4.78 is 5.68. The zero-order valence-corrected chi connectivity index (χ0v) is 17.8. The highest BCUT2D eigenvalue weighted by molar-refractivity contribution is 5.95. The van der Waals surface area contributed by atoms with Gasteiger partial charge >= 0.3 is 0 Å². The SMILES string of the molecule is COc1ccc2ccccc2c1C=CC12NC(=O)CN1c1ccc(C)cc1C2(C)C. The highest BCUT2D eigenvalue weighted by Gasteiger charge is 2.59. The molecule has 3 aromatic carbocycles. The van der Waals surface area contributed by atoms with Gasteiger partial charge in [0, 0.05) is 16.7 Å². The average molecular weight is 399 g/mol. The first kappa shape index (κ1) is 18.7. The lowest BCUT2D eigenvalue weighted by molar-refractivity contribution is -0.118. The molecule has 0 radical (unpaired) electrons. The third-order valence-electron chi connectivity index (χ3n) is 6.77. The number of methoxy groups -OCH3 is 1. The lowest BCUT2D eigenvalue weighted by atomic mass is 9.75. The second-order valence-corrected chi connectivity index (χ2v) is 8.78. The Morgan fingerprint density at radius 2 is 1.90 bits per heavy atom. The second-order valence-electron chi connectivity index (χ2n) is 8.78. The second kappa shape index (κ2) is 6.36. The molecule has 4 nitrogen and oxygen atoms in total. The smallest absolute Gasteiger partial charge is 0.241 e. The van der Waals surface area contributed by atoms with Crippen LogP contribution < -0.4 is 15.0 Å². The van der Waals surface area contributed by atoms with Crippen LogP contribution in [0, 0.1) is 6.92 Å². The van der Waals surface area contributed by atoms with E-state index in [1.54, 1.807) is 7.11 Å². The van der Waals surface area contributed by atoms with E-state index in [9.17, 15) is 4.79 Å². The van der Waals surface area contributed by atoms with Gasteiger partial charge in [-0.25, -0.2) is 0 Å². The van der Waals surface area contributed by atoms with Gasteiger partial charge in [0.15, 0.2) is 0 Å². The van der Waals surface area contributed by atoms with Crippen LogP contribution in [0.25, 0.3) is 16.8 Å². The molecule has 1 amide bonds. The predicted molar refractivity (Wildman–Crippen MR) is 122 cm³/mol. The number of ether oxygens (including phenoxy) is 1. The van der Waals surface area contributed by atoms with Crippen LogP contribution >= 0.6 is 0 Å². The Bertz CT molecular complexity index is 1210. The molecule has 1 saturated heterocycles. The van der Waals surface area contributed by atoms with E-state index in [0.29, 0.717) is 6.54 Å². The van der Waals surface area contributed by atoms with Crippen molar-refractivity contribution in [3.8, 4) is 5.75 Å². The molecule has 0 aliphatic carbocycles. The quantitative estimate of drug-likeness (QED) is 0.689. The Morgan fingerprint density at radius 1 is 1.10 bits per heavy atom. The van der Waals surface area contributed by atoms with Crippen molar-refractivity contribution < 1.29 is 9.53 Å². The number of hydrogen-bond acceptors (Lipinski definition) is 3. The summed E-state index contributed by atoms with van der Waals surface area (Å²) in [5, 5.41) is 5.59. The van der Waals surface area contributed by atoms with Crippen molar-refractivity contribution in [1.82, 2.24) is 5.32 Å². The van der Waals surface area contributed by atoms with E-state index in [4.69, 9.17) is 4.74 Å². The van der Waals surface area contributed by atoms with Gasteiger partial charge in [0.25, 0.3) is 0 Å². The van der Waals surface area contributed by atoms with Crippen LogP contribution in [0.15, 0.2) is 60.7 Å². The van der Waals surface area contributed by atoms with Crippen LogP contribution in [0.2, 0.25) is 0 Å². The van der Waals surface area contributed by atoms with Crippen molar-refractivity contribution >= 4 is 28.4 Å².